The Morgan fingerprint density at radius 3 is 2.25 bits per heavy atom. The lowest BCUT2D eigenvalue weighted by Crippen LogP contribution is -2.38. The third-order valence-corrected chi connectivity index (χ3v) is 5.60. The Balaban J connectivity index is 2.11. The number of sulfone groups is 1. The van der Waals surface area contributed by atoms with Gasteiger partial charge in [0.2, 0.25) is 5.91 Å². The van der Waals surface area contributed by atoms with Gasteiger partial charge in [0, 0.05) is 24.9 Å². The molecular formula is C16H20F3NO3S. The van der Waals surface area contributed by atoms with Gasteiger partial charge in [0.25, 0.3) is 0 Å². The molecule has 2 rings (SSSR count). The number of rotatable bonds is 3. The Labute approximate surface area is 139 Å². The lowest BCUT2D eigenvalue weighted by atomic mass is 9.80. The molecule has 0 heterocycles. The molecule has 0 bridgehead atoms. The largest absolute Gasteiger partial charge is 0.391 e. The van der Waals surface area contributed by atoms with Crippen LogP contribution < -0.4 is 4.90 Å². The van der Waals surface area contributed by atoms with Crippen molar-refractivity contribution in [3.63, 3.8) is 0 Å². The van der Waals surface area contributed by atoms with Gasteiger partial charge in [0.15, 0.2) is 9.84 Å². The number of alkyl halides is 3. The molecule has 1 aliphatic rings. The van der Waals surface area contributed by atoms with E-state index in [1.807, 2.05) is 0 Å². The van der Waals surface area contributed by atoms with Gasteiger partial charge in [-0.2, -0.15) is 13.2 Å². The van der Waals surface area contributed by atoms with Gasteiger partial charge < -0.3 is 4.90 Å². The quantitative estimate of drug-likeness (QED) is 0.827. The maximum atomic E-state index is 12.9. The highest BCUT2D eigenvalue weighted by Crippen LogP contribution is 2.40. The number of anilines is 1. The zero-order valence-corrected chi connectivity index (χ0v) is 14.3. The molecule has 0 aromatic heterocycles. The first-order valence-electron chi connectivity index (χ1n) is 7.64. The monoisotopic (exact) mass is 363 g/mol. The van der Waals surface area contributed by atoms with Crippen LogP contribution >= 0.6 is 0 Å². The molecular weight excluding hydrogens is 343 g/mol. The van der Waals surface area contributed by atoms with E-state index in [0.29, 0.717) is 18.5 Å². The van der Waals surface area contributed by atoms with E-state index in [2.05, 4.69) is 0 Å². The number of hydrogen-bond acceptors (Lipinski definition) is 3. The highest BCUT2D eigenvalue weighted by Gasteiger charge is 2.44. The highest BCUT2D eigenvalue weighted by molar-refractivity contribution is 7.90. The van der Waals surface area contributed by atoms with Crippen molar-refractivity contribution in [2.24, 2.45) is 11.8 Å². The van der Waals surface area contributed by atoms with Gasteiger partial charge in [-0.05, 0) is 43.5 Å². The summed E-state index contributed by atoms with van der Waals surface area (Å²) in [6.45, 7) is 0. The number of carbonyl (C=O) groups is 1. The van der Waals surface area contributed by atoms with E-state index in [9.17, 15) is 26.4 Å². The predicted molar refractivity (Wildman–Crippen MR) is 84.5 cm³/mol. The van der Waals surface area contributed by atoms with Crippen molar-refractivity contribution < 1.29 is 26.4 Å². The predicted octanol–water partition coefficient (Wildman–Crippen LogP) is 3.42. The van der Waals surface area contributed by atoms with Crippen LogP contribution in [0.1, 0.15) is 25.7 Å². The van der Waals surface area contributed by atoms with Gasteiger partial charge in [-0.1, -0.05) is 6.42 Å². The van der Waals surface area contributed by atoms with E-state index in [0.717, 1.165) is 6.26 Å². The third kappa shape index (κ3) is 4.28. The molecule has 0 saturated heterocycles. The summed E-state index contributed by atoms with van der Waals surface area (Å²) in [5, 5.41) is 0. The SMILES string of the molecule is CN(C(=O)[C@@H]1CCC[C@@H](C(F)(F)F)C1)c1ccc(S(C)(=O)=O)cc1. The Morgan fingerprint density at radius 2 is 1.75 bits per heavy atom. The first-order valence-corrected chi connectivity index (χ1v) is 9.53. The Hall–Kier alpha value is -1.57. The second kappa shape index (κ2) is 6.74. The topological polar surface area (TPSA) is 54.5 Å². The first-order chi connectivity index (χ1) is 11.0. The van der Waals surface area contributed by atoms with Gasteiger partial charge in [-0.25, -0.2) is 8.42 Å². The van der Waals surface area contributed by atoms with E-state index in [1.165, 1.54) is 36.2 Å². The van der Waals surface area contributed by atoms with Crippen LogP contribution in [0, 0.1) is 11.8 Å². The van der Waals surface area contributed by atoms with E-state index < -0.39 is 27.8 Å². The van der Waals surface area contributed by atoms with Crippen LogP contribution in [-0.2, 0) is 14.6 Å². The maximum absolute atomic E-state index is 12.9. The Kier molecular flexibility index (Phi) is 5.27. The van der Waals surface area contributed by atoms with Gasteiger partial charge >= 0.3 is 6.18 Å². The molecule has 1 saturated carbocycles. The molecule has 0 spiro atoms. The van der Waals surface area contributed by atoms with Crippen molar-refractivity contribution in [3.8, 4) is 0 Å². The van der Waals surface area contributed by atoms with Crippen molar-refractivity contribution in [2.45, 2.75) is 36.8 Å². The summed E-state index contributed by atoms with van der Waals surface area (Å²) in [5.41, 5.74) is 0.460. The second-order valence-electron chi connectivity index (χ2n) is 6.27. The average Bonchev–Trinajstić information content (AvgIpc) is 2.52. The zero-order chi connectivity index (χ0) is 18.1. The molecule has 8 heteroatoms. The van der Waals surface area contributed by atoms with Crippen molar-refractivity contribution >= 4 is 21.4 Å². The first kappa shape index (κ1) is 18.8. The molecule has 2 atom stereocenters. The molecule has 1 fully saturated rings. The number of hydrogen-bond donors (Lipinski definition) is 0. The number of amides is 1. The van der Waals surface area contributed by atoms with Gasteiger partial charge in [-0.15, -0.1) is 0 Å². The molecule has 134 valence electrons. The zero-order valence-electron chi connectivity index (χ0n) is 13.5. The minimum absolute atomic E-state index is 0.0695. The Morgan fingerprint density at radius 1 is 1.17 bits per heavy atom. The van der Waals surface area contributed by atoms with Gasteiger partial charge in [-0.3, -0.25) is 4.79 Å². The molecule has 0 aliphatic heterocycles. The molecule has 0 unspecified atom stereocenters. The third-order valence-electron chi connectivity index (χ3n) is 4.47. The summed E-state index contributed by atoms with van der Waals surface area (Å²) < 4.78 is 61.5. The van der Waals surface area contributed by atoms with E-state index >= 15 is 0 Å². The van der Waals surface area contributed by atoms with Crippen LogP contribution in [0.2, 0.25) is 0 Å². The molecule has 0 N–H and O–H groups in total. The highest BCUT2D eigenvalue weighted by atomic mass is 32.2. The summed E-state index contributed by atoms with van der Waals surface area (Å²) >= 11 is 0. The van der Waals surface area contributed by atoms with E-state index in [1.54, 1.807) is 0 Å². The fourth-order valence-electron chi connectivity index (χ4n) is 3.03. The number of carbonyl (C=O) groups excluding carboxylic acids is 1. The molecule has 1 amide bonds. The van der Waals surface area contributed by atoms with Gasteiger partial charge in [0.05, 0.1) is 10.8 Å². The lowest BCUT2D eigenvalue weighted by Gasteiger charge is -2.32. The van der Waals surface area contributed by atoms with Crippen LogP contribution in [0.25, 0.3) is 0 Å². The van der Waals surface area contributed by atoms with Crippen LogP contribution in [-0.4, -0.2) is 33.8 Å². The minimum Gasteiger partial charge on any atom is -0.315 e. The van der Waals surface area contributed by atoms with Crippen LogP contribution in [0.3, 0.4) is 0 Å². The minimum atomic E-state index is -4.27. The molecule has 0 radical (unpaired) electrons. The van der Waals surface area contributed by atoms with Crippen molar-refractivity contribution in [3.05, 3.63) is 24.3 Å². The normalized spacial score (nSPS) is 22.2. The second-order valence-corrected chi connectivity index (χ2v) is 8.28. The summed E-state index contributed by atoms with van der Waals surface area (Å²) in [6.07, 6.45) is -2.49. The average molecular weight is 363 g/mol. The number of benzene rings is 1. The molecule has 1 aromatic rings. The van der Waals surface area contributed by atoms with E-state index in [4.69, 9.17) is 0 Å². The fraction of sp³-hybridized carbons (Fsp3) is 0.562. The lowest BCUT2D eigenvalue weighted by molar-refractivity contribution is -0.186. The molecule has 4 nitrogen and oxygen atoms in total. The Bertz CT molecular complexity index is 698. The maximum Gasteiger partial charge on any atom is 0.391 e. The molecule has 1 aliphatic carbocycles. The molecule has 24 heavy (non-hydrogen) atoms. The summed E-state index contributed by atoms with van der Waals surface area (Å²) in [5.74, 6) is -2.46. The summed E-state index contributed by atoms with van der Waals surface area (Å²) in [7, 11) is -1.84. The van der Waals surface area contributed by atoms with E-state index in [-0.39, 0.29) is 23.6 Å². The van der Waals surface area contributed by atoms with Gasteiger partial charge in [0.1, 0.15) is 0 Å². The van der Waals surface area contributed by atoms with Crippen LogP contribution in [0.15, 0.2) is 29.2 Å². The molecule has 1 aromatic carbocycles. The van der Waals surface area contributed by atoms with Crippen molar-refractivity contribution in [2.75, 3.05) is 18.2 Å². The fourth-order valence-corrected chi connectivity index (χ4v) is 3.66. The summed E-state index contributed by atoms with van der Waals surface area (Å²) in [4.78, 5) is 13.9. The summed E-state index contributed by atoms with van der Waals surface area (Å²) in [6, 6.07) is 5.73. The number of nitrogens with zero attached hydrogens (tertiary/aromatic N) is 1. The smallest absolute Gasteiger partial charge is 0.315 e. The standard InChI is InChI=1S/C16H20F3NO3S/c1-20(13-6-8-14(9-7-13)24(2,22)23)15(21)11-4-3-5-12(10-11)16(17,18)19/h6-9,11-12H,3-5,10H2,1-2H3/t11-,12-/m1/s1. The van der Waals surface area contributed by atoms with Crippen LogP contribution in [0.5, 0.6) is 0 Å². The van der Waals surface area contributed by atoms with Crippen molar-refractivity contribution in [1.29, 1.82) is 0 Å². The number of halogens is 3. The van der Waals surface area contributed by atoms with Crippen molar-refractivity contribution in [1.82, 2.24) is 0 Å². The van der Waals surface area contributed by atoms with Crippen LogP contribution in [0.4, 0.5) is 18.9 Å².